The maximum Gasteiger partial charge on any atom is 0.226 e. The lowest BCUT2D eigenvalue weighted by Gasteiger charge is -2.00. The molecule has 1 N–H and O–H groups in total. The SMILES string of the molecule is Cc1ccc(CSc2nnc(NC(=O)CCc3ncc(-c4ccc(F)cc4)o3)s2)cc1. The van der Waals surface area contributed by atoms with E-state index in [1.54, 1.807) is 30.1 Å². The van der Waals surface area contributed by atoms with Crippen LogP contribution in [0, 0.1) is 12.7 Å². The number of nitrogens with zero attached hydrogens (tertiary/aromatic N) is 3. The summed E-state index contributed by atoms with van der Waals surface area (Å²) >= 11 is 2.93. The number of aromatic nitrogens is 3. The Hall–Kier alpha value is -3.04. The lowest BCUT2D eigenvalue weighted by Crippen LogP contribution is -2.12. The average molecular weight is 455 g/mol. The maximum absolute atomic E-state index is 13.0. The molecule has 0 aliphatic heterocycles. The number of oxazole rings is 1. The molecule has 0 atom stereocenters. The first kappa shape index (κ1) is 21.2. The van der Waals surface area contributed by atoms with Gasteiger partial charge in [0.25, 0.3) is 0 Å². The number of benzene rings is 2. The molecule has 0 fully saturated rings. The predicted molar refractivity (Wildman–Crippen MR) is 119 cm³/mol. The molecule has 2 heterocycles. The lowest BCUT2D eigenvalue weighted by molar-refractivity contribution is -0.116. The van der Waals surface area contributed by atoms with E-state index >= 15 is 0 Å². The van der Waals surface area contributed by atoms with E-state index in [-0.39, 0.29) is 18.1 Å². The molecule has 6 nitrogen and oxygen atoms in total. The van der Waals surface area contributed by atoms with Gasteiger partial charge in [-0.05, 0) is 36.8 Å². The van der Waals surface area contributed by atoms with Crippen LogP contribution in [-0.4, -0.2) is 21.1 Å². The molecular formula is C22H19FN4O2S2. The number of thioether (sulfide) groups is 1. The Morgan fingerprint density at radius 2 is 1.90 bits per heavy atom. The molecule has 9 heteroatoms. The van der Waals surface area contributed by atoms with Crippen LogP contribution in [0.2, 0.25) is 0 Å². The van der Waals surface area contributed by atoms with Gasteiger partial charge in [0.2, 0.25) is 11.0 Å². The number of nitrogens with one attached hydrogen (secondary N) is 1. The molecule has 0 unspecified atom stereocenters. The Kier molecular flexibility index (Phi) is 6.73. The summed E-state index contributed by atoms with van der Waals surface area (Å²) in [6.45, 7) is 2.06. The van der Waals surface area contributed by atoms with Crippen molar-refractivity contribution in [2.75, 3.05) is 5.32 Å². The molecule has 4 aromatic rings. The monoisotopic (exact) mass is 454 g/mol. The fourth-order valence-corrected chi connectivity index (χ4v) is 4.45. The van der Waals surface area contributed by atoms with Crippen molar-refractivity contribution in [2.24, 2.45) is 0 Å². The lowest BCUT2D eigenvalue weighted by atomic mass is 10.2. The smallest absolute Gasteiger partial charge is 0.226 e. The second kappa shape index (κ2) is 9.84. The highest BCUT2D eigenvalue weighted by Gasteiger charge is 2.12. The van der Waals surface area contributed by atoms with Crippen molar-refractivity contribution >= 4 is 34.1 Å². The van der Waals surface area contributed by atoms with Gasteiger partial charge in [-0.2, -0.15) is 0 Å². The van der Waals surface area contributed by atoms with E-state index in [2.05, 4.69) is 51.7 Å². The van der Waals surface area contributed by atoms with E-state index in [1.165, 1.54) is 34.6 Å². The summed E-state index contributed by atoms with van der Waals surface area (Å²) in [6.07, 6.45) is 2.12. The van der Waals surface area contributed by atoms with E-state index in [0.717, 1.165) is 15.7 Å². The topological polar surface area (TPSA) is 80.9 Å². The maximum atomic E-state index is 13.0. The van der Waals surface area contributed by atoms with Crippen LogP contribution < -0.4 is 5.32 Å². The van der Waals surface area contributed by atoms with Crippen LogP contribution in [0.3, 0.4) is 0 Å². The molecule has 0 aliphatic carbocycles. The Morgan fingerprint density at radius 3 is 2.68 bits per heavy atom. The summed E-state index contributed by atoms with van der Waals surface area (Å²) in [6, 6.07) is 14.3. The summed E-state index contributed by atoms with van der Waals surface area (Å²) in [5.41, 5.74) is 3.17. The number of halogens is 1. The van der Waals surface area contributed by atoms with Gasteiger partial charge >= 0.3 is 0 Å². The summed E-state index contributed by atoms with van der Waals surface area (Å²) < 4.78 is 19.5. The zero-order valence-corrected chi connectivity index (χ0v) is 18.3. The number of rotatable bonds is 8. The molecule has 0 bridgehead atoms. The van der Waals surface area contributed by atoms with Crippen molar-refractivity contribution in [3.63, 3.8) is 0 Å². The van der Waals surface area contributed by atoms with Gasteiger partial charge in [0.1, 0.15) is 5.82 Å². The second-order valence-corrected chi connectivity index (χ2v) is 9.02. The van der Waals surface area contributed by atoms with E-state index < -0.39 is 0 Å². The number of aryl methyl sites for hydroxylation is 2. The quantitative estimate of drug-likeness (QED) is 0.280. The molecule has 0 radical (unpaired) electrons. The van der Waals surface area contributed by atoms with E-state index in [4.69, 9.17) is 4.42 Å². The van der Waals surface area contributed by atoms with Crippen LogP contribution in [0.5, 0.6) is 0 Å². The Labute approximate surface area is 186 Å². The summed E-state index contributed by atoms with van der Waals surface area (Å²) in [4.78, 5) is 16.4. The minimum atomic E-state index is -0.312. The Balaban J connectivity index is 1.25. The first-order valence-electron chi connectivity index (χ1n) is 9.57. The largest absolute Gasteiger partial charge is 0.441 e. The molecule has 4 rings (SSSR count). The number of hydrogen-bond donors (Lipinski definition) is 1. The van der Waals surface area contributed by atoms with Gasteiger partial charge in [0.15, 0.2) is 16.0 Å². The van der Waals surface area contributed by atoms with Crippen LogP contribution in [0.4, 0.5) is 9.52 Å². The Bertz CT molecular complexity index is 1160. The molecule has 158 valence electrons. The van der Waals surface area contributed by atoms with Crippen LogP contribution in [0.15, 0.2) is 63.5 Å². The highest BCUT2D eigenvalue weighted by atomic mass is 32.2. The summed E-state index contributed by atoms with van der Waals surface area (Å²) in [7, 11) is 0. The zero-order valence-electron chi connectivity index (χ0n) is 16.7. The standard InChI is InChI=1S/C22H19FN4O2S2/c1-14-2-4-15(5-3-14)13-30-22-27-26-21(31-22)25-19(28)10-11-20-24-12-18(29-20)16-6-8-17(23)9-7-16/h2-9,12H,10-11,13H2,1H3,(H,25,26,28). The normalized spacial score (nSPS) is 10.9. The summed E-state index contributed by atoms with van der Waals surface area (Å²) in [5, 5.41) is 11.4. The molecule has 0 saturated carbocycles. The van der Waals surface area contributed by atoms with Gasteiger partial charge in [-0.3, -0.25) is 4.79 Å². The van der Waals surface area contributed by atoms with E-state index in [9.17, 15) is 9.18 Å². The fourth-order valence-electron chi connectivity index (χ4n) is 2.72. The molecular weight excluding hydrogens is 435 g/mol. The van der Waals surface area contributed by atoms with E-state index in [0.29, 0.717) is 23.2 Å². The van der Waals surface area contributed by atoms with Gasteiger partial charge in [0, 0.05) is 24.2 Å². The van der Waals surface area contributed by atoms with Crippen molar-refractivity contribution < 1.29 is 13.6 Å². The number of carbonyl (C=O) groups is 1. The number of carbonyl (C=O) groups excluding carboxylic acids is 1. The fraction of sp³-hybridized carbons (Fsp3) is 0.182. The van der Waals surface area contributed by atoms with Crippen molar-refractivity contribution in [3.05, 3.63) is 77.6 Å². The summed E-state index contributed by atoms with van der Waals surface area (Å²) in [5.74, 6) is 1.28. The highest BCUT2D eigenvalue weighted by Crippen LogP contribution is 2.28. The molecule has 0 spiro atoms. The van der Waals surface area contributed by atoms with Gasteiger partial charge < -0.3 is 9.73 Å². The van der Waals surface area contributed by atoms with Gasteiger partial charge in [-0.15, -0.1) is 10.2 Å². The van der Waals surface area contributed by atoms with Crippen molar-refractivity contribution in [1.82, 2.24) is 15.2 Å². The molecule has 2 aromatic heterocycles. The third-order valence-corrected chi connectivity index (χ3v) is 6.43. The first-order chi connectivity index (χ1) is 15.0. The van der Waals surface area contributed by atoms with Crippen LogP contribution in [0.25, 0.3) is 11.3 Å². The van der Waals surface area contributed by atoms with Crippen molar-refractivity contribution in [3.8, 4) is 11.3 Å². The minimum Gasteiger partial charge on any atom is -0.441 e. The minimum absolute atomic E-state index is 0.187. The van der Waals surface area contributed by atoms with Gasteiger partial charge in [-0.1, -0.05) is 52.9 Å². The molecule has 31 heavy (non-hydrogen) atoms. The third-order valence-electron chi connectivity index (χ3n) is 4.38. The Morgan fingerprint density at radius 1 is 1.13 bits per heavy atom. The van der Waals surface area contributed by atoms with Crippen molar-refractivity contribution in [1.29, 1.82) is 0 Å². The third kappa shape index (κ3) is 5.99. The second-order valence-electron chi connectivity index (χ2n) is 6.82. The zero-order chi connectivity index (χ0) is 21.6. The van der Waals surface area contributed by atoms with Crippen LogP contribution in [-0.2, 0) is 17.0 Å². The first-order valence-corrected chi connectivity index (χ1v) is 11.4. The molecule has 1 amide bonds. The highest BCUT2D eigenvalue weighted by molar-refractivity contribution is 8.00. The molecule has 0 saturated heterocycles. The average Bonchev–Trinajstić information content (AvgIpc) is 3.42. The van der Waals surface area contributed by atoms with E-state index in [1.807, 2.05) is 0 Å². The van der Waals surface area contributed by atoms with Gasteiger partial charge in [0.05, 0.1) is 6.20 Å². The van der Waals surface area contributed by atoms with Crippen LogP contribution in [0.1, 0.15) is 23.4 Å². The number of hydrogen-bond acceptors (Lipinski definition) is 7. The molecule has 0 aliphatic rings. The van der Waals surface area contributed by atoms with Crippen LogP contribution >= 0.6 is 23.1 Å². The number of amides is 1. The van der Waals surface area contributed by atoms with Crippen molar-refractivity contribution in [2.45, 2.75) is 29.9 Å². The van der Waals surface area contributed by atoms with Gasteiger partial charge in [-0.25, -0.2) is 9.37 Å². The number of anilines is 1. The predicted octanol–water partition coefficient (Wildman–Crippen LogP) is 5.50. The molecule has 2 aromatic carbocycles.